The average molecular weight is 285 g/mol. The van der Waals surface area contributed by atoms with Crippen LogP contribution in [-0.4, -0.2) is 40.0 Å². The monoisotopic (exact) mass is 285 g/mol. The largest absolute Gasteiger partial charge is 0.481 e. The minimum absolute atomic E-state index is 0.0207. The van der Waals surface area contributed by atoms with Crippen molar-refractivity contribution in [3.63, 3.8) is 0 Å². The van der Waals surface area contributed by atoms with Crippen LogP contribution in [0, 0.1) is 11.8 Å². The van der Waals surface area contributed by atoms with E-state index >= 15 is 0 Å². The number of aliphatic carboxylic acids is 1. The Labute approximate surface area is 109 Å². The summed E-state index contributed by atoms with van der Waals surface area (Å²) in [6, 6.07) is -1.39. The quantitative estimate of drug-likeness (QED) is 0.407. The second-order valence-electron chi connectivity index (χ2n) is 4.78. The van der Waals surface area contributed by atoms with Crippen molar-refractivity contribution in [3.05, 3.63) is 0 Å². The zero-order valence-electron chi connectivity index (χ0n) is 10.7. The first-order valence-corrected chi connectivity index (χ1v) is 5.80. The molecule has 0 saturated heterocycles. The van der Waals surface area contributed by atoms with E-state index in [0.717, 1.165) is 0 Å². The number of hydrogen-bond donors (Lipinski definition) is 2. The van der Waals surface area contributed by atoms with Gasteiger partial charge in [-0.2, -0.15) is 13.2 Å². The van der Waals surface area contributed by atoms with E-state index in [1.807, 2.05) is 0 Å². The van der Waals surface area contributed by atoms with E-state index in [4.69, 9.17) is 5.11 Å². The third-order valence-electron chi connectivity index (χ3n) is 2.68. The Morgan fingerprint density at radius 2 is 1.89 bits per heavy atom. The lowest BCUT2D eigenvalue weighted by Gasteiger charge is -2.29. The summed E-state index contributed by atoms with van der Waals surface area (Å²) < 4.78 is 36.5. The SMILES string of the molecule is CC(C)C[C@@H](C(=O)O)[C@H](CCC(F)(F)F)N(O)C=O. The molecule has 0 aliphatic heterocycles. The number of carboxylic acid groups (broad SMARTS) is 1. The van der Waals surface area contributed by atoms with E-state index in [-0.39, 0.29) is 23.8 Å². The van der Waals surface area contributed by atoms with Crippen molar-refractivity contribution < 1.29 is 33.1 Å². The maximum absolute atomic E-state index is 12.2. The smallest absolute Gasteiger partial charge is 0.389 e. The highest BCUT2D eigenvalue weighted by Crippen LogP contribution is 2.28. The Kier molecular flexibility index (Phi) is 6.82. The van der Waals surface area contributed by atoms with Crippen LogP contribution in [0.2, 0.25) is 0 Å². The normalized spacial score (nSPS) is 15.1. The molecule has 2 N–H and O–H groups in total. The third kappa shape index (κ3) is 7.00. The van der Waals surface area contributed by atoms with Crippen LogP contribution in [0.25, 0.3) is 0 Å². The van der Waals surface area contributed by atoms with Crippen LogP contribution in [0.1, 0.15) is 33.1 Å². The molecule has 1 amide bonds. The third-order valence-corrected chi connectivity index (χ3v) is 2.68. The summed E-state index contributed by atoms with van der Waals surface area (Å²) in [6.45, 7) is 3.42. The summed E-state index contributed by atoms with van der Waals surface area (Å²) in [5.41, 5.74) is 0. The zero-order valence-corrected chi connectivity index (χ0v) is 10.7. The van der Waals surface area contributed by atoms with Gasteiger partial charge in [-0.15, -0.1) is 0 Å². The number of nitrogens with zero attached hydrogens (tertiary/aromatic N) is 1. The molecule has 0 spiro atoms. The molecule has 0 radical (unpaired) electrons. The van der Waals surface area contributed by atoms with E-state index in [1.165, 1.54) is 0 Å². The number of hydrogen-bond acceptors (Lipinski definition) is 3. The van der Waals surface area contributed by atoms with Gasteiger partial charge >= 0.3 is 12.1 Å². The molecule has 0 aliphatic rings. The van der Waals surface area contributed by atoms with Crippen molar-refractivity contribution in [2.45, 2.75) is 45.3 Å². The number of halogens is 3. The van der Waals surface area contributed by atoms with E-state index in [1.54, 1.807) is 13.8 Å². The van der Waals surface area contributed by atoms with Gasteiger partial charge in [0.25, 0.3) is 0 Å². The van der Waals surface area contributed by atoms with Gasteiger partial charge in [-0.25, -0.2) is 5.06 Å². The lowest BCUT2D eigenvalue weighted by Crippen LogP contribution is -2.42. The van der Waals surface area contributed by atoms with Crippen molar-refractivity contribution in [1.29, 1.82) is 0 Å². The molecule has 0 rings (SSSR count). The predicted molar refractivity (Wildman–Crippen MR) is 59.3 cm³/mol. The summed E-state index contributed by atoms with van der Waals surface area (Å²) >= 11 is 0. The van der Waals surface area contributed by atoms with Crippen LogP contribution in [0.3, 0.4) is 0 Å². The number of amides is 1. The summed E-state index contributed by atoms with van der Waals surface area (Å²) in [7, 11) is 0. The molecule has 0 aliphatic carbocycles. The molecular formula is C11H18F3NO4. The molecule has 0 aromatic carbocycles. The fourth-order valence-corrected chi connectivity index (χ4v) is 1.84. The van der Waals surface area contributed by atoms with Gasteiger partial charge in [-0.1, -0.05) is 13.8 Å². The van der Waals surface area contributed by atoms with Crippen LogP contribution in [0.4, 0.5) is 13.2 Å². The molecule has 19 heavy (non-hydrogen) atoms. The lowest BCUT2D eigenvalue weighted by atomic mass is 9.87. The van der Waals surface area contributed by atoms with E-state index in [0.29, 0.717) is 0 Å². The Morgan fingerprint density at radius 3 is 2.21 bits per heavy atom. The number of alkyl halides is 3. The molecule has 0 aromatic rings. The van der Waals surface area contributed by atoms with Gasteiger partial charge in [0.15, 0.2) is 0 Å². The van der Waals surface area contributed by atoms with Crippen molar-refractivity contribution in [3.8, 4) is 0 Å². The van der Waals surface area contributed by atoms with Crippen molar-refractivity contribution in [2.24, 2.45) is 11.8 Å². The average Bonchev–Trinajstić information content (AvgIpc) is 2.25. The van der Waals surface area contributed by atoms with Crippen LogP contribution >= 0.6 is 0 Å². The predicted octanol–water partition coefficient (Wildman–Crippen LogP) is 2.29. The molecule has 0 fully saturated rings. The number of carbonyl (C=O) groups excluding carboxylic acids is 1. The number of hydroxylamine groups is 2. The maximum atomic E-state index is 12.2. The second-order valence-corrected chi connectivity index (χ2v) is 4.78. The Morgan fingerprint density at radius 1 is 1.37 bits per heavy atom. The first kappa shape index (κ1) is 17.7. The van der Waals surface area contributed by atoms with Gasteiger partial charge in [-0.05, 0) is 18.8 Å². The summed E-state index contributed by atoms with van der Waals surface area (Å²) in [6.07, 6.45) is -6.38. The minimum atomic E-state index is -4.47. The summed E-state index contributed by atoms with van der Waals surface area (Å²) in [5.74, 6) is -2.66. The fraction of sp³-hybridized carbons (Fsp3) is 0.818. The van der Waals surface area contributed by atoms with Gasteiger partial charge in [0, 0.05) is 6.42 Å². The van der Waals surface area contributed by atoms with Gasteiger partial charge in [0.05, 0.1) is 12.0 Å². The van der Waals surface area contributed by atoms with E-state index < -0.39 is 36.9 Å². The zero-order chi connectivity index (χ0) is 15.2. The first-order chi connectivity index (χ1) is 8.58. The van der Waals surface area contributed by atoms with Gasteiger partial charge in [0.2, 0.25) is 6.41 Å². The van der Waals surface area contributed by atoms with Crippen molar-refractivity contribution >= 4 is 12.4 Å². The fourth-order valence-electron chi connectivity index (χ4n) is 1.84. The van der Waals surface area contributed by atoms with Crippen LogP contribution in [0.15, 0.2) is 0 Å². The summed E-state index contributed by atoms with van der Waals surface area (Å²) in [5, 5.41) is 18.3. The number of carbonyl (C=O) groups is 2. The number of carboxylic acids is 1. The standard InChI is InChI=1S/C11H18F3NO4/c1-7(2)5-8(10(17)18)9(15(19)6-16)3-4-11(12,13)14/h6-9,19H,3-5H2,1-2H3,(H,17,18)/t8-,9+/m1/s1. The molecule has 5 nitrogen and oxygen atoms in total. The molecule has 0 aromatic heterocycles. The van der Waals surface area contributed by atoms with Gasteiger partial charge in [-0.3, -0.25) is 14.8 Å². The molecule has 112 valence electrons. The van der Waals surface area contributed by atoms with Crippen molar-refractivity contribution in [2.75, 3.05) is 0 Å². The molecular weight excluding hydrogens is 267 g/mol. The molecule has 2 atom stereocenters. The topological polar surface area (TPSA) is 77.8 Å². The molecule has 8 heteroatoms. The Balaban J connectivity index is 4.96. The highest BCUT2D eigenvalue weighted by atomic mass is 19.4. The van der Waals surface area contributed by atoms with Crippen LogP contribution in [-0.2, 0) is 9.59 Å². The molecule has 0 heterocycles. The highest BCUT2D eigenvalue weighted by molar-refractivity contribution is 5.71. The van der Waals surface area contributed by atoms with E-state index in [2.05, 4.69) is 0 Å². The first-order valence-electron chi connectivity index (χ1n) is 5.80. The highest BCUT2D eigenvalue weighted by Gasteiger charge is 2.36. The van der Waals surface area contributed by atoms with Gasteiger partial charge in [0.1, 0.15) is 0 Å². The summed E-state index contributed by atoms with van der Waals surface area (Å²) in [4.78, 5) is 21.6. The molecule has 0 bridgehead atoms. The van der Waals surface area contributed by atoms with Crippen LogP contribution < -0.4 is 0 Å². The minimum Gasteiger partial charge on any atom is -0.481 e. The Bertz CT molecular complexity index is 307. The molecule has 0 unspecified atom stereocenters. The number of rotatable bonds is 8. The lowest BCUT2D eigenvalue weighted by molar-refractivity contribution is -0.181. The molecule has 0 saturated carbocycles. The second kappa shape index (κ2) is 7.32. The van der Waals surface area contributed by atoms with E-state index in [9.17, 15) is 28.0 Å². The van der Waals surface area contributed by atoms with Crippen molar-refractivity contribution in [1.82, 2.24) is 5.06 Å². The van der Waals surface area contributed by atoms with Gasteiger partial charge < -0.3 is 5.11 Å². The van der Waals surface area contributed by atoms with Crippen LogP contribution in [0.5, 0.6) is 0 Å². The Hall–Kier alpha value is -1.31. The maximum Gasteiger partial charge on any atom is 0.389 e.